The van der Waals surface area contributed by atoms with E-state index in [9.17, 15) is 22.8 Å². The molecule has 0 bridgehead atoms. The van der Waals surface area contributed by atoms with Crippen molar-refractivity contribution in [3.63, 3.8) is 0 Å². The van der Waals surface area contributed by atoms with Crippen molar-refractivity contribution < 1.29 is 41.7 Å². The Kier molecular flexibility index (Phi) is 24.8. The number of carbonyl (C=O) groups excluding carboxylic acids is 3. The first-order chi connectivity index (χ1) is 32.5. The van der Waals surface area contributed by atoms with Gasteiger partial charge in [0.05, 0.1) is 49.3 Å². The Morgan fingerprint density at radius 3 is 1.97 bits per heavy atom. The van der Waals surface area contributed by atoms with Crippen LogP contribution in [0.15, 0.2) is 132 Å². The number of fused-ring (bicyclic) bond motifs is 1. The molecule has 2 aliphatic rings. The first-order valence-electron chi connectivity index (χ1n) is 23.6. The van der Waals surface area contributed by atoms with Crippen LogP contribution < -0.4 is 21.7 Å². The standard InChI is InChI=1S/C52H73N5O9S/c1-4-5-6-7-8-9-10-11-12-13-14-15-16-17-18-19-20-21-25-28-50(58)54-33-34-55-51(59)65-47(37-57(36-41(2)3)67(61,62)44-31-29-43(53)30-32-44)46(35-42-26-23-22-24-27-42)56-52(60)66-49-40-64-48-39-63-38-45(48)49/h5-6,8-9,11-12,14-15,17-18,20-24,26-27,29-32,41,45-49H,4,7,10,13,16,19,25,28,33-40,53H2,1-3H3,(H,54,58)(H,55,59)(H,56,60)/b6-5-,9-8-,12-11-,15-14-,18-17-,21-20-/t45-,46+,47-,48+,49+/m1/s1. The topological polar surface area (TPSA) is 188 Å². The molecule has 0 saturated carbocycles. The molecule has 366 valence electrons. The van der Waals surface area contributed by atoms with Crippen molar-refractivity contribution in [1.29, 1.82) is 0 Å². The molecular formula is C52H73N5O9S. The van der Waals surface area contributed by atoms with Crippen LogP contribution in [0.5, 0.6) is 0 Å². The molecule has 15 heteroatoms. The second-order valence-corrected chi connectivity index (χ2v) is 18.9. The summed E-state index contributed by atoms with van der Waals surface area (Å²) >= 11 is 0. The van der Waals surface area contributed by atoms with Crippen molar-refractivity contribution in [3.8, 4) is 0 Å². The van der Waals surface area contributed by atoms with Gasteiger partial charge in [-0.15, -0.1) is 0 Å². The van der Waals surface area contributed by atoms with Crippen LogP contribution in [0.2, 0.25) is 0 Å². The van der Waals surface area contributed by atoms with Gasteiger partial charge in [0.2, 0.25) is 15.9 Å². The largest absolute Gasteiger partial charge is 0.443 e. The zero-order valence-corrected chi connectivity index (χ0v) is 40.3. The number of nitrogen functional groups attached to an aromatic ring is 1. The predicted molar refractivity (Wildman–Crippen MR) is 265 cm³/mol. The summed E-state index contributed by atoms with van der Waals surface area (Å²) < 4.78 is 52.8. The van der Waals surface area contributed by atoms with Gasteiger partial charge in [0, 0.05) is 31.7 Å². The van der Waals surface area contributed by atoms with Crippen molar-refractivity contribution in [2.75, 3.05) is 51.7 Å². The zero-order chi connectivity index (χ0) is 48.1. The van der Waals surface area contributed by atoms with E-state index in [-0.39, 0.29) is 74.4 Å². The number of nitrogens with zero attached hydrogens (tertiary/aromatic N) is 1. The number of nitrogens with two attached hydrogens (primary N) is 1. The molecule has 2 aromatic carbocycles. The van der Waals surface area contributed by atoms with Crippen LogP contribution in [0, 0.1) is 11.8 Å². The van der Waals surface area contributed by atoms with E-state index in [0.717, 1.165) is 44.1 Å². The highest BCUT2D eigenvalue weighted by Crippen LogP contribution is 2.30. The van der Waals surface area contributed by atoms with Crippen LogP contribution in [0.25, 0.3) is 0 Å². The van der Waals surface area contributed by atoms with E-state index in [0.29, 0.717) is 25.3 Å². The summed E-state index contributed by atoms with van der Waals surface area (Å²) in [6.07, 6.45) is 28.7. The molecule has 3 amide bonds. The molecule has 4 rings (SSSR count). The van der Waals surface area contributed by atoms with Crippen molar-refractivity contribution in [3.05, 3.63) is 133 Å². The first kappa shape index (κ1) is 54.1. The van der Waals surface area contributed by atoms with Gasteiger partial charge < -0.3 is 40.6 Å². The van der Waals surface area contributed by atoms with Gasteiger partial charge in [-0.2, -0.15) is 4.31 Å². The fourth-order valence-corrected chi connectivity index (χ4v) is 9.02. The fraction of sp³-hybridized carbons (Fsp3) is 0.481. The number of rotatable bonds is 29. The molecule has 2 saturated heterocycles. The number of hydrogen-bond acceptors (Lipinski definition) is 10. The van der Waals surface area contributed by atoms with Crippen LogP contribution >= 0.6 is 0 Å². The molecule has 2 heterocycles. The van der Waals surface area contributed by atoms with Crippen molar-refractivity contribution in [1.82, 2.24) is 20.3 Å². The van der Waals surface area contributed by atoms with E-state index < -0.39 is 40.5 Å². The molecule has 2 aromatic rings. The van der Waals surface area contributed by atoms with E-state index in [4.69, 9.17) is 24.7 Å². The summed E-state index contributed by atoms with van der Waals surface area (Å²) in [5, 5.41) is 8.39. The Bertz CT molecular complexity index is 2070. The van der Waals surface area contributed by atoms with E-state index in [1.165, 1.54) is 28.6 Å². The number of carbonyl (C=O) groups is 3. The third-order valence-electron chi connectivity index (χ3n) is 10.9. The van der Waals surface area contributed by atoms with Gasteiger partial charge in [-0.05, 0) is 87.1 Å². The average molecular weight is 944 g/mol. The highest BCUT2D eigenvalue weighted by atomic mass is 32.2. The molecule has 2 fully saturated rings. The van der Waals surface area contributed by atoms with Crippen molar-refractivity contribution in [2.24, 2.45) is 11.8 Å². The maximum Gasteiger partial charge on any atom is 0.407 e. The second kappa shape index (κ2) is 30.7. The van der Waals surface area contributed by atoms with Gasteiger partial charge in [-0.3, -0.25) is 4.79 Å². The van der Waals surface area contributed by atoms with Gasteiger partial charge in [-0.25, -0.2) is 18.0 Å². The lowest BCUT2D eigenvalue weighted by atomic mass is 10.0. The summed E-state index contributed by atoms with van der Waals surface area (Å²) in [6, 6.07) is 14.2. The van der Waals surface area contributed by atoms with E-state index in [1.807, 2.05) is 56.3 Å². The monoisotopic (exact) mass is 944 g/mol. The van der Waals surface area contributed by atoms with E-state index in [2.05, 4.69) is 83.6 Å². The maximum absolute atomic E-state index is 14.2. The summed E-state index contributed by atoms with van der Waals surface area (Å²) in [6.45, 7) is 6.92. The summed E-state index contributed by atoms with van der Waals surface area (Å²) in [7, 11) is -4.13. The minimum Gasteiger partial charge on any atom is -0.443 e. The molecule has 0 unspecified atom stereocenters. The number of nitrogens with one attached hydrogen (secondary N) is 3. The molecule has 0 aliphatic carbocycles. The van der Waals surface area contributed by atoms with Crippen LogP contribution in [0.4, 0.5) is 15.3 Å². The van der Waals surface area contributed by atoms with Crippen LogP contribution in [-0.4, -0.2) is 101 Å². The minimum absolute atomic E-state index is 0.0173. The lowest BCUT2D eigenvalue weighted by molar-refractivity contribution is -0.121. The van der Waals surface area contributed by atoms with Gasteiger partial charge >= 0.3 is 12.2 Å². The first-order valence-corrected chi connectivity index (χ1v) is 25.1. The molecule has 2 aliphatic heterocycles. The second-order valence-electron chi connectivity index (χ2n) is 16.9. The molecule has 67 heavy (non-hydrogen) atoms. The molecule has 0 aromatic heterocycles. The SMILES string of the molecule is CC/C=C\C/C=C\C/C=C\C/C=C\C/C=C\C/C=C\CCC(=O)NCCNC(=O)O[C@H](CN(CC(C)C)S(=O)(=O)c1ccc(N)cc1)[C@H](Cc1ccccc1)NC(=O)O[C@H]1CO[C@H]2COC[C@H]21. The number of amides is 3. The zero-order valence-electron chi connectivity index (χ0n) is 39.5. The lowest BCUT2D eigenvalue weighted by Crippen LogP contribution is -2.54. The van der Waals surface area contributed by atoms with Crippen molar-refractivity contribution in [2.45, 2.75) is 108 Å². The number of hydrogen-bond donors (Lipinski definition) is 4. The Hall–Kier alpha value is -5.48. The normalized spacial score (nSPS) is 18.6. The summed E-state index contributed by atoms with van der Waals surface area (Å²) in [5.41, 5.74) is 7.09. The van der Waals surface area contributed by atoms with Gasteiger partial charge in [0.25, 0.3) is 0 Å². The smallest absolute Gasteiger partial charge is 0.407 e. The molecule has 0 spiro atoms. The highest BCUT2D eigenvalue weighted by molar-refractivity contribution is 7.89. The van der Waals surface area contributed by atoms with Gasteiger partial charge in [0.1, 0.15) is 12.2 Å². The number of sulfonamides is 1. The molecular weight excluding hydrogens is 871 g/mol. The van der Waals surface area contributed by atoms with Crippen molar-refractivity contribution >= 4 is 33.8 Å². The van der Waals surface area contributed by atoms with Gasteiger partial charge in [0.15, 0.2) is 0 Å². The van der Waals surface area contributed by atoms with Crippen LogP contribution in [-0.2, 0) is 40.2 Å². The lowest BCUT2D eigenvalue weighted by Gasteiger charge is -2.33. The number of alkyl carbamates (subject to hydrolysis) is 2. The molecule has 14 nitrogen and oxygen atoms in total. The third-order valence-corrected chi connectivity index (χ3v) is 12.8. The Morgan fingerprint density at radius 1 is 0.761 bits per heavy atom. The van der Waals surface area contributed by atoms with E-state index >= 15 is 0 Å². The number of anilines is 1. The fourth-order valence-electron chi connectivity index (χ4n) is 7.40. The quantitative estimate of drug-likeness (QED) is 0.0351. The van der Waals surface area contributed by atoms with E-state index in [1.54, 1.807) is 0 Å². The van der Waals surface area contributed by atoms with Crippen LogP contribution in [0.1, 0.15) is 77.7 Å². The Balaban J connectivity index is 1.30. The average Bonchev–Trinajstić information content (AvgIpc) is 3.93. The predicted octanol–water partition coefficient (Wildman–Crippen LogP) is 8.36. The third kappa shape index (κ3) is 20.9. The minimum atomic E-state index is -4.13. The number of allylic oxidation sites excluding steroid dienone is 12. The van der Waals surface area contributed by atoms with Crippen LogP contribution in [0.3, 0.4) is 0 Å². The summed E-state index contributed by atoms with van der Waals surface area (Å²) in [4.78, 5) is 39.8. The summed E-state index contributed by atoms with van der Waals surface area (Å²) in [5.74, 6) is -0.395. The Labute approximate surface area is 398 Å². The number of benzene rings is 2. The van der Waals surface area contributed by atoms with Gasteiger partial charge in [-0.1, -0.05) is 124 Å². The molecule has 5 atom stereocenters. The highest BCUT2D eigenvalue weighted by Gasteiger charge is 2.44. The molecule has 0 radical (unpaired) electrons. The maximum atomic E-state index is 14.2. The Morgan fingerprint density at radius 2 is 1.36 bits per heavy atom. The number of ether oxygens (including phenoxy) is 4. The molecule has 5 N–H and O–H groups in total.